The standard InChI is InChI=1S/C6H10N2O2/c1-3(5(7)9)4(2)6(8)10/h1-2H3,(H2,7,9)(H2,8,10). The van der Waals surface area contributed by atoms with E-state index in [0.717, 1.165) is 0 Å². The van der Waals surface area contributed by atoms with E-state index in [1.165, 1.54) is 13.8 Å². The lowest BCUT2D eigenvalue weighted by Crippen LogP contribution is -2.19. The van der Waals surface area contributed by atoms with Crippen LogP contribution in [0.5, 0.6) is 0 Å². The van der Waals surface area contributed by atoms with Gasteiger partial charge in [-0.1, -0.05) is 0 Å². The van der Waals surface area contributed by atoms with Crippen LogP contribution >= 0.6 is 0 Å². The lowest BCUT2D eigenvalue weighted by molar-refractivity contribution is -0.117. The van der Waals surface area contributed by atoms with Crippen LogP contribution in [0.4, 0.5) is 0 Å². The highest BCUT2D eigenvalue weighted by Crippen LogP contribution is 1.99. The van der Waals surface area contributed by atoms with E-state index < -0.39 is 11.8 Å². The third kappa shape index (κ3) is 1.89. The number of nitrogens with two attached hydrogens (primary N) is 2. The van der Waals surface area contributed by atoms with Gasteiger partial charge in [-0.05, 0) is 13.8 Å². The van der Waals surface area contributed by atoms with Gasteiger partial charge in [0, 0.05) is 11.1 Å². The van der Waals surface area contributed by atoms with E-state index in [0.29, 0.717) is 0 Å². The van der Waals surface area contributed by atoms with Gasteiger partial charge >= 0.3 is 0 Å². The molecule has 56 valence electrons. The maximum absolute atomic E-state index is 10.4. The van der Waals surface area contributed by atoms with Crippen molar-refractivity contribution in [2.45, 2.75) is 13.8 Å². The molecule has 0 bridgehead atoms. The molecule has 0 heterocycles. The van der Waals surface area contributed by atoms with Crippen LogP contribution in [0.25, 0.3) is 0 Å². The average Bonchev–Trinajstić information content (AvgIpc) is 1.84. The number of rotatable bonds is 2. The Balaban J connectivity index is 4.67. The van der Waals surface area contributed by atoms with Crippen LogP contribution in [0, 0.1) is 0 Å². The van der Waals surface area contributed by atoms with Gasteiger partial charge in [-0.3, -0.25) is 9.59 Å². The molecule has 10 heavy (non-hydrogen) atoms. The predicted molar refractivity (Wildman–Crippen MR) is 36.8 cm³/mol. The second-order valence-corrected chi connectivity index (χ2v) is 1.98. The van der Waals surface area contributed by atoms with E-state index in [4.69, 9.17) is 11.5 Å². The Kier molecular flexibility index (Phi) is 2.61. The molecule has 0 aliphatic heterocycles. The van der Waals surface area contributed by atoms with Crippen molar-refractivity contribution < 1.29 is 9.59 Å². The summed E-state index contributed by atoms with van der Waals surface area (Å²) in [5.41, 5.74) is 10.2. The molecule has 2 amide bonds. The molecule has 0 spiro atoms. The number of primary amides is 2. The molecule has 4 heteroatoms. The third-order valence-electron chi connectivity index (χ3n) is 1.30. The minimum atomic E-state index is -0.615. The molecule has 0 unspecified atom stereocenters. The number of hydrogen-bond acceptors (Lipinski definition) is 2. The Morgan fingerprint density at radius 3 is 1.20 bits per heavy atom. The largest absolute Gasteiger partial charge is 0.366 e. The van der Waals surface area contributed by atoms with Crippen LogP contribution in [0.1, 0.15) is 13.8 Å². The highest BCUT2D eigenvalue weighted by Gasteiger charge is 2.06. The molecule has 0 fully saturated rings. The van der Waals surface area contributed by atoms with E-state index in [9.17, 15) is 9.59 Å². The topological polar surface area (TPSA) is 86.2 Å². The Labute approximate surface area is 58.9 Å². The van der Waals surface area contributed by atoms with Crippen LogP contribution in [0.3, 0.4) is 0 Å². The summed E-state index contributed by atoms with van der Waals surface area (Å²) in [6.07, 6.45) is 0. The SMILES string of the molecule is CC(C(N)=O)=C(C)C(N)=O. The summed E-state index contributed by atoms with van der Waals surface area (Å²) in [6, 6.07) is 0. The predicted octanol–water partition coefficient (Wildman–Crippen LogP) is -0.707. The van der Waals surface area contributed by atoms with Crippen molar-refractivity contribution >= 4 is 11.8 Å². The lowest BCUT2D eigenvalue weighted by Gasteiger charge is -1.97. The summed E-state index contributed by atoms with van der Waals surface area (Å²) < 4.78 is 0. The number of hydrogen-bond donors (Lipinski definition) is 2. The number of carbonyl (C=O) groups excluding carboxylic acids is 2. The van der Waals surface area contributed by atoms with Crippen molar-refractivity contribution in [2.75, 3.05) is 0 Å². The fraction of sp³-hybridized carbons (Fsp3) is 0.333. The molecule has 4 nitrogen and oxygen atoms in total. The van der Waals surface area contributed by atoms with Gasteiger partial charge < -0.3 is 11.5 Å². The maximum atomic E-state index is 10.4. The molecule has 0 radical (unpaired) electrons. The maximum Gasteiger partial charge on any atom is 0.244 e. The van der Waals surface area contributed by atoms with Crippen LogP contribution < -0.4 is 11.5 Å². The molecule has 0 saturated heterocycles. The van der Waals surface area contributed by atoms with E-state index in [-0.39, 0.29) is 11.1 Å². The minimum Gasteiger partial charge on any atom is -0.366 e. The monoisotopic (exact) mass is 142 g/mol. The van der Waals surface area contributed by atoms with Crippen molar-refractivity contribution in [3.63, 3.8) is 0 Å². The molecular formula is C6H10N2O2. The van der Waals surface area contributed by atoms with Gasteiger partial charge in [0.05, 0.1) is 0 Å². The zero-order chi connectivity index (χ0) is 8.31. The van der Waals surface area contributed by atoms with Crippen LogP contribution in [0.15, 0.2) is 11.1 Å². The van der Waals surface area contributed by atoms with E-state index >= 15 is 0 Å². The highest BCUT2D eigenvalue weighted by molar-refractivity contribution is 6.02. The van der Waals surface area contributed by atoms with Crippen molar-refractivity contribution in [3.8, 4) is 0 Å². The summed E-state index contributed by atoms with van der Waals surface area (Å²) >= 11 is 0. The minimum absolute atomic E-state index is 0.215. The lowest BCUT2D eigenvalue weighted by atomic mass is 10.1. The van der Waals surface area contributed by atoms with Gasteiger partial charge in [0.15, 0.2) is 0 Å². The van der Waals surface area contributed by atoms with E-state index in [1.54, 1.807) is 0 Å². The van der Waals surface area contributed by atoms with Crippen molar-refractivity contribution in [1.29, 1.82) is 0 Å². The molecule has 0 saturated carbocycles. The van der Waals surface area contributed by atoms with Crippen molar-refractivity contribution in [3.05, 3.63) is 11.1 Å². The third-order valence-corrected chi connectivity index (χ3v) is 1.30. The Morgan fingerprint density at radius 2 is 1.10 bits per heavy atom. The number of amides is 2. The van der Waals surface area contributed by atoms with Crippen molar-refractivity contribution in [2.24, 2.45) is 11.5 Å². The first-order valence-electron chi connectivity index (χ1n) is 2.74. The number of carbonyl (C=O) groups is 2. The van der Waals surface area contributed by atoms with Crippen LogP contribution in [-0.4, -0.2) is 11.8 Å². The summed E-state index contributed by atoms with van der Waals surface area (Å²) in [6.45, 7) is 2.92. The van der Waals surface area contributed by atoms with Crippen LogP contribution in [-0.2, 0) is 9.59 Å². The molecule has 0 aromatic heterocycles. The van der Waals surface area contributed by atoms with Crippen molar-refractivity contribution in [1.82, 2.24) is 0 Å². The van der Waals surface area contributed by atoms with Gasteiger partial charge in [-0.15, -0.1) is 0 Å². The zero-order valence-electron chi connectivity index (χ0n) is 5.97. The molecule has 0 rings (SSSR count). The Hall–Kier alpha value is -1.32. The Bertz CT molecular complexity index is 184. The van der Waals surface area contributed by atoms with Gasteiger partial charge in [0.25, 0.3) is 0 Å². The molecule has 0 aliphatic carbocycles. The summed E-state index contributed by atoms with van der Waals surface area (Å²) in [5, 5.41) is 0. The molecule has 0 aromatic carbocycles. The molecule has 4 N–H and O–H groups in total. The normalized spacial score (nSPS) is 12.2. The summed E-state index contributed by atoms with van der Waals surface area (Å²) in [4.78, 5) is 20.8. The van der Waals surface area contributed by atoms with Gasteiger partial charge in [0.1, 0.15) is 0 Å². The molecule has 0 atom stereocenters. The molecular weight excluding hydrogens is 132 g/mol. The fourth-order valence-electron chi connectivity index (χ4n) is 0.370. The van der Waals surface area contributed by atoms with Gasteiger partial charge in [0.2, 0.25) is 11.8 Å². The second-order valence-electron chi connectivity index (χ2n) is 1.98. The Morgan fingerprint density at radius 1 is 0.900 bits per heavy atom. The highest BCUT2D eigenvalue weighted by atomic mass is 16.2. The zero-order valence-corrected chi connectivity index (χ0v) is 5.97. The average molecular weight is 142 g/mol. The summed E-state index contributed by atoms with van der Waals surface area (Å²) in [7, 11) is 0. The molecule has 0 aromatic rings. The fourth-order valence-corrected chi connectivity index (χ4v) is 0.370. The van der Waals surface area contributed by atoms with E-state index in [1.807, 2.05) is 0 Å². The van der Waals surface area contributed by atoms with Gasteiger partial charge in [-0.2, -0.15) is 0 Å². The first-order valence-corrected chi connectivity index (χ1v) is 2.74. The first-order chi connectivity index (χ1) is 4.46. The quantitative estimate of drug-likeness (QED) is 0.499. The van der Waals surface area contributed by atoms with Crippen LogP contribution in [0.2, 0.25) is 0 Å². The first kappa shape index (κ1) is 8.68. The summed E-state index contributed by atoms with van der Waals surface area (Å²) in [5.74, 6) is -1.23. The van der Waals surface area contributed by atoms with Gasteiger partial charge in [-0.25, -0.2) is 0 Å². The smallest absolute Gasteiger partial charge is 0.244 e. The second kappa shape index (κ2) is 3.00. The molecule has 0 aliphatic rings. The van der Waals surface area contributed by atoms with E-state index in [2.05, 4.69) is 0 Å².